The summed E-state index contributed by atoms with van der Waals surface area (Å²) in [5.74, 6) is 1.28. The maximum atomic E-state index is 13.1. The Morgan fingerprint density at radius 2 is 1.82 bits per heavy atom. The van der Waals surface area contributed by atoms with E-state index in [0.29, 0.717) is 17.0 Å². The number of aromatic amines is 1. The van der Waals surface area contributed by atoms with Crippen LogP contribution in [0.3, 0.4) is 0 Å². The Kier molecular flexibility index (Phi) is 1.72. The molecule has 2 saturated carbocycles. The second-order valence-electron chi connectivity index (χ2n) is 5.19. The summed E-state index contributed by atoms with van der Waals surface area (Å²) in [6.07, 6.45) is 3.86. The molecule has 2 aromatic rings. The first kappa shape index (κ1) is 9.57. The maximum Gasteiger partial charge on any atom is 0.161 e. The number of nitrogens with one attached hydrogen (secondary N) is 1. The number of hydrogen-bond acceptors (Lipinski definition) is 1. The van der Waals surface area contributed by atoms with E-state index in [0.717, 1.165) is 17.7 Å². The molecule has 0 radical (unpaired) electrons. The third-order valence-corrected chi connectivity index (χ3v) is 4.26. The SMILES string of the molecule is Fc1cc2nc(C3C4CCCC43)[nH]c2cc1F. The molecule has 2 fully saturated rings. The molecule has 0 spiro atoms. The van der Waals surface area contributed by atoms with Crippen molar-refractivity contribution in [1.82, 2.24) is 9.97 Å². The van der Waals surface area contributed by atoms with Gasteiger partial charge < -0.3 is 4.98 Å². The van der Waals surface area contributed by atoms with Gasteiger partial charge in [0.2, 0.25) is 0 Å². The van der Waals surface area contributed by atoms with Crippen LogP contribution in [0.1, 0.15) is 31.0 Å². The van der Waals surface area contributed by atoms with Crippen molar-refractivity contribution in [2.24, 2.45) is 11.8 Å². The fourth-order valence-corrected chi connectivity index (χ4v) is 3.41. The van der Waals surface area contributed by atoms with Crippen LogP contribution in [0, 0.1) is 23.5 Å². The molecule has 0 saturated heterocycles. The van der Waals surface area contributed by atoms with E-state index in [1.54, 1.807) is 0 Å². The fourth-order valence-electron chi connectivity index (χ4n) is 3.41. The summed E-state index contributed by atoms with van der Waals surface area (Å²) in [5, 5.41) is 0. The summed E-state index contributed by atoms with van der Waals surface area (Å²) in [6.45, 7) is 0. The second kappa shape index (κ2) is 3.06. The van der Waals surface area contributed by atoms with Gasteiger partial charge in [0.25, 0.3) is 0 Å². The van der Waals surface area contributed by atoms with Crippen molar-refractivity contribution in [3.8, 4) is 0 Å². The minimum atomic E-state index is -0.827. The molecule has 0 aliphatic heterocycles. The number of benzene rings is 1. The number of halogens is 2. The zero-order valence-corrected chi connectivity index (χ0v) is 9.21. The van der Waals surface area contributed by atoms with E-state index in [4.69, 9.17) is 0 Å². The quantitative estimate of drug-likeness (QED) is 0.805. The Hall–Kier alpha value is -1.45. The summed E-state index contributed by atoms with van der Waals surface area (Å²) >= 11 is 0. The number of nitrogens with zero attached hydrogens (tertiary/aromatic N) is 1. The van der Waals surface area contributed by atoms with Gasteiger partial charge in [0.05, 0.1) is 11.0 Å². The molecule has 2 unspecified atom stereocenters. The van der Waals surface area contributed by atoms with E-state index in [1.165, 1.54) is 31.4 Å². The minimum Gasteiger partial charge on any atom is -0.342 e. The number of rotatable bonds is 1. The third-order valence-electron chi connectivity index (χ3n) is 4.26. The smallest absolute Gasteiger partial charge is 0.161 e. The molecule has 4 heteroatoms. The monoisotopic (exact) mass is 234 g/mol. The van der Waals surface area contributed by atoms with Crippen molar-refractivity contribution in [3.05, 3.63) is 29.6 Å². The van der Waals surface area contributed by atoms with Gasteiger partial charge in [-0.1, -0.05) is 6.42 Å². The van der Waals surface area contributed by atoms with E-state index in [9.17, 15) is 8.78 Å². The summed E-state index contributed by atoms with van der Waals surface area (Å²) in [5.41, 5.74) is 1.13. The molecular weight excluding hydrogens is 222 g/mol. The van der Waals surface area contributed by atoms with Crippen LogP contribution in [0.15, 0.2) is 12.1 Å². The lowest BCUT2D eigenvalue weighted by Gasteiger charge is -1.97. The number of imidazole rings is 1. The van der Waals surface area contributed by atoms with Crippen molar-refractivity contribution in [2.75, 3.05) is 0 Å². The van der Waals surface area contributed by atoms with Crippen LogP contribution in [0.2, 0.25) is 0 Å². The van der Waals surface area contributed by atoms with E-state index in [2.05, 4.69) is 9.97 Å². The largest absolute Gasteiger partial charge is 0.342 e. The maximum absolute atomic E-state index is 13.1. The molecule has 2 nitrogen and oxygen atoms in total. The minimum absolute atomic E-state index is 0.502. The van der Waals surface area contributed by atoms with E-state index < -0.39 is 11.6 Å². The average molecular weight is 234 g/mol. The van der Waals surface area contributed by atoms with Crippen LogP contribution in [0.5, 0.6) is 0 Å². The zero-order chi connectivity index (χ0) is 11.6. The third kappa shape index (κ3) is 1.27. The lowest BCUT2D eigenvalue weighted by molar-refractivity contribution is 0.510. The first-order chi connectivity index (χ1) is 8.24. The summed E-state index contributed by atoms with van der Waals surface area (Å²) in [4.78, 5) is 7.53. The Morgan fingerprint density at radius 3 is 2.59 bits per heavy atom. The van der Waals surface area contributed by atoms with Crippen LogP contribution in [-0.2, 0) is 0 Å². The Balaban J connectivity index is 1.78. The van der Waals surface area contributed by atoms with Crippen molar-refractivity contribution in [3.63, 3.8) is 0 Å². The van der Waals surface area contributed by atoms with Crippen molar-refractivity contribution in [2.45, 2.75) is 25.2 Å². The Bertz CT molecular complexity index is 556. The molecule has 1 aromatic heterocycles. The second-order valence-corrected chi connectivity index (χ2v) is 5.19. The number of hydrogen-bond donors (Lipinski definition) is 1. The van der Waals surface area contributed by atoms with Gasteiger partial charge in [-0.2, -0.15) is 0 Å². The molecule has 1 aromatic carbocycles. The highest BCUT2D eigenvalue weighted by Crippen LogP contribution is 2.62. The zero-order valence-electron chi connectivity index (χ0n) is 9.21. The average Bonchev–Trinajstić information content (AvgIpc) is 2.68. The van der Waals surface area contributed by atoms with E-state index in [-0.39, 0.29) is 0 Å². The Labute approximate surface area is 97.1 Å². The van der Waals surface area contributed by atoms with Crippen LogP contribution in [-0.4, -0.2) is 9.97 Å². The number of H-pyrrole nitrogens is 1. The van der Waals surface area contributed by atoms with Crippen molar-refractivity contribution < 1.29 is 8.78 Å². The van der Waals surface area contributed by atoms with E-state index in [1.807, 2.05) is 0 Å². The van der Waals surface area contributed by atoms with Gasteiger partial charge in [-0.3, -0.25) is 0 Å². The molecule has 88 valence electrons. The van der Waals surface area contributed by atoms with Gasteiger partial charge in [-0.25, -0.2) is 13.8 Å². The van der Waals surface area contributed by atoms with Crippen LogP contribution >= 0.6 is 0 Å². The van der Waals surface area contributed by atoms with Crippen LogP contribution in [0.4, 0.5) is 8.78 Å². The highest BCUT2D eigenvalue weighted by atomic mass is 19.2. The highest BCUT2D eigenvalue weighted by Gasteiger charge is 2.54. The fraction of sp³-hybridized carbons (Fsp3) is 0.462. The topological polar surface area (TPSA) is 28.7 Å². The molecular formula is C13H12F2N2. The molecule has 2 aliphatic carbocycles. The molecule has 2 atom stereocenters. The van der Waals surface area contributed by atoms with E-state index >= 15 is 0 Å². The van der Waals surface area contributed by atoms with Gasteiger partial charge in [0, 0.05) is 18.1 Å². The van der Waals surface area contributed by atoms with Gasteiger partial charge in [0.1, 0.15) is 5.82 Å². The first-order valence-corrected chi connectivity index (χ1v) is 6.09. The van der Waals surface area contributed by atoms with Crippen LogP contribution in [0.25, 0.3) is 11.0 Å². The number of fused-ring (bicyclic) bond motifs is 2. The molecule has 0 bridgehead atoms. The van der Waals surface area contributed by atoms with Crippen molar-refractivity contribution >= 4 is 11.0 Å². The van der Waals surface area contributed by atoms with Crippen LogP contribution < -0.4 is 0 Å². The van der Waals surface area contributed by atoms with Gasteiger partial charge in [-0.05, 0) is 24.7 Å². The summed E-state index contributed by atoms with van der Waals surface area (Å²) < 4.78 is 26.2. The van der Waals surface area contributed by atoms with Gasteiger partial charge in [0.15, 0.2) is 11.6 Å². The summed E-state index contributed by atoms with van der Waals surface area (Å²) in [6, 6.07) is 2.36. The highest BCUT2D eigenvalue weighted by molar-refractivity contribution is 5.75. The first-order valence-electron chi connectivity index (χ1n) is 6.09. The molecule has 1 heterocycles. The molecule has 17 heavy (non-hydrogen) atoms. The lowest BCUT2D eigenvalue weighted by atomic mass is 10.1. The number of aromatic nitrogens is 2. The predicted molar refractivity (Wildman–Crippen MR) is 59.6 cm³/mol. The molecule has 4 rings (SSSR count). The molecule has 2 aliphatic rings. The summed E-state index contributed by atoms with van der Waals surface area (Å²) in [7, 11) is 0. The lowest BCUT2D eigenvalue weighted by Crippen LogP contribution is -1.89. The molecule has 0 amide bonds. The van der Waals surface area contributed by atoms with Gasteiger partial charge >= 0.3 is 0 Å². The van der Waals surface area contributed by atoms with Crippen molar-refractivity contribution in [1.29, 1.82) is 0 Å². The molecule has 1 N–H and O–H groups in total. The Morgan fingerprint density at radius 1 is 1.12 bits per heavy atom. The normalized spacial score (nSPS) is 30.8. The predicted octanol–water partition coefficient (Wildman–Crippen LogP) is 3.35. The standard InChI is InChI=1S/C13H12F2N2/c14-8-4-10-11(5-9(8)15)17-13(16-10)12-6-2-1-3-7(6)12/h4-7,12H,1-3H2,(H,16,17). The van der Waals surface area contributed by atoms with Gasteiger partial charge in [-0.15, -0.1) is 0 Å².